The van der Waals surface area contributed by atoms with Crippen LogP contribution in [0.15, 0.2) is 27.4 Å². The first-order chi connectivity index (χ1) is 8.95. The van der Waals surface area contributed by atoms with E-state index in [9.17, 15) is 9.90 Å². The Hall–Kier alpha value is -1.59. The molecule has 3 N–H and O–H groups in total. The molecule has 104 valence electrons. The summed E-state index contributed by atoms with van der Waals surface area (Å²) in [5, 5.41) is 9.43. The fraction of sp³-hybridized carbons (Fsp3) is 0.500. The summed E-state index contributed by atoms with van der Waals surface area (Å²) in [4.78, 5) is 11.4. The van der Waals surface area contributed by atoms with Crippen molar-refractivity contribution in [3.63, 3.8) is 0 Å². The van der Waals surface area contributed by atoms with Crippen LogP contribution in [-0.4, -0.2) is 16.3 Å². The molecule has 5 heteroatoms. The molecule has 0 bridgehead atoms. The Balaban J connectivity index is 2.43. The summed E-state index contributed by atoms with van der Waals surface area (Å²) in [5.74, 6) is -0.130. The van der Waals surface area contributed by atoms with Gasteiger partial charge in [0.15, 0.2) is 5.58 Å². The quantitative estimate of drug-likeness (QED) is 0.874. The van der Waals surface area contributed by atoms with Crippen molar-refractivity contribution in [2.75, 3.05) is 6.61 Å². The van der Waals surface area contributed by atoms with Gasteiger partial charge in [-0.15, -0.1) is 0 Å². The predicted molar refractivity (Wildman–Crippen MR) is 73.8 cm³/mol. The van der Waals surface area contributed by atoms with Crippen LogP contribution in [0.1, 0.15) is 25.5 Å². The van der Waals surface area contributed by atoms with Gasteiger partial charge in [-0.3, -0.25) is 4.57 Å². The van der Waals surface area contributed by atoms with Crippen LogP contribution in [0.3, 0.4) is 0 Å². The van der Waals surface area contributed by atoms with E-state index in [0.29, 0.717) is 5.58 Å². The number of aliphatic hydroxyl groups is 1. The average molecular weight is 264 g/mol. The van der Waals surface area contributed by atoms with Crippen molar-refractivity contribution >= 4 is 11.1 Å². The minimum Gasteiger partial charge on any atom is -0.408 e. The molecule has 1 aromatic heterocycles. The van der Waals surface area contributed by atoms with Gasteiger partial charge in [0.05, 0.1) is 5.52 Å². The Morgan fingerprint density at radius 2 is 2.11 bits per heavy atom. The Morgan fingerprint density at radius 1 is 1.42 bits per heavy atom. The Labute approximate surface area is 111 Å². The van der Waals surface area contributed by atoms with Crippen molar-refractivity contribution in [2.24, 2.45) is 24.6 Å². The van der Waals surface area contributed by atoms with Gasteiger partial charge in [0.25, 0.3) is 0 Å². The third-order valence-electron chi connectivity index (χ3n) is 3.73. The van der Waals surface area contributed by atoms with Gasteiger partial charge in [0, 0.05) is 25.6 Å². The molecular weight excluding hydrogens is 244 g/mol. The number of nitrogens with zero attached hydrogens (tertiary/aromatic N) is 1. The van der Waals surface area contributed by atoms with Gasteiger partial charge in [0.1, 0.15) is 0 Å². The highest BCUT2D eigenvalue weighted by molar-refractivity contribution is 5.73. The van der Waals surface area contributed by atoms with Gasteiger partial charge in [0.2, 0.25) is 0 Å². The summed E-state index contributed by atoms with van der Waals surface area (Å²) < 4.78 is 6.61. The lowest BCUT2D eigenvalue weighted by Crippen LogP contribution is -2.28. The van der Waals surface area contributed by atoms with Gasteiger partial charge in [-0.25, -0.2) is 4.79 Å². The van der Waals surface area contributed by atoms with Gasteiger partial charge in [-0.05, 0) is 23.6 Å². The van der Waals surface area contributed by atoms with Gasteiger partial charge >= 0.3 is 5.76 Å². The summed E-state index contributed by atoms with van der Waals surface area (Å²) in [6.07, 6.45) is 0. The summed E-state index contributed by atoms with van der Waals surface area (Å²) in [6, 6.07) is 5.21. The fourth-order valence-electron chi connectivity index (χ4n) is 2.34. The van der Waals surface area contributed by atoms with Crippen LogP contribution in [0.25, 0.3) is 11.1 Å². The van der Waals surface area contributed by atoms with E-state index in [1.807, 2.05) is 26.0 Å². The van der Waals surface area contributed by atoms with Crippen molar-refractivity contribution in [2.45, 2.75) is 19.9 Å². The SMILES string of the molecule is CC(C)C(CO)C(N)c1ccc2c(c1)oc(=O)n2C. The Kier molecular flexibility index (Phi) is 3.78. The van der Waals surface area contributed by atoms with Crippen LogP contribution in [-0.2, 0) is 7.05 Å². The number of benzene rings is 1. The average Bonchev–Trinajstić information content (AvgIpc) is 2.65. The Morgan fingerprint density at radius 3 is 2.68 bits per heavy atom. The third-order valence-corrected chi connectivity index (χ3v) is 3.73. The number of rotatable bonds is 4. The molecule has 0 amide bonds. The monoisotopic (exact) mass is 264 g/mol. The van der Waals surface area contributed by atoms with E-state index in [2.05, 4.69) is 0 Å². The zero-order valence-electron chi connectivity index (χ0n) is 11.5. The minimum atomic E-state index is -0.386. The summed E-state index contributed by atoms with van der Waals surface area (Å²) in [7, 11) is 1.67. The van der Waals surface area contributed by atoms with E-state index in [-0.39, 0.29) is 30.2 Å². The number of aryl methyl sites for hydroxylation is 1. The summed E-state index contributed by atoms with van der Waals surface area (Å²) >= 11 is 0. The lowest BCUT2D eigenvalue weighted by atomic mass is 9.85. The first-order valence-corrected chi connectivity index (χ1v) is 6.41. The number of oxazole rings is 1. The van der Waals surface area contributed by atoms with E-state index < -0.39 is 0 Å². The van der Waals surface area contributed by atoms with E-state index in [0.717, 1.165) is 11.1 Å². The molecule has 2 unspecified atom stereocenters. The number of nitrogens with two attached hydrogens (primary N) is 1. The second-order valence-corrected chi connectivity index (χ2v) is 5.27. The lowest BCUT2D eigenvalue weighted by molar-refractivity contribution is 0.166. The number of hydrogen-bond acceptors (Lipinski definition) is 4. The van der Waals surface area contributed by atoms with Crippen LogP contribution in [0.5, 0.6) is 0 Å². The smallest absolute Gasteiger partial charge is 0.408 e. The molecule has 5 nitrogen and oxygen atoms in total. The number of aliphatic hydroxyl groups excluding tert-OH is 1. The van der Waals surface area contributed by atoms with Crippen molar-refractivity contribution < 1.29 is 9.52 Å². The molecular formula is C14H20N2O3. The minimum absolute atomic E-state index is 0.0205. The standard InChI is InChI=1S/C14H20N2O3/c1-8(2)10(7-17)13(15)9-4-5-11-12(6-9)19-14(18)16(11)3/h4-6,8,10,13,17H,7,15H2,1-3H3. The largest absolute Gasteiger partial charge is 0.419 e. The van der Waals surface area contributed by atoms with Crippen molar-refractivity contribution in [1.29, 1.82) is 0 Å². The second kappa shape index (κ2) is 5.19. The van der Waals surface area contributed by atoms with E-state index in [1.54, 1.807) is 13.1 Å². The zero-order valence-corrected chi connectivity index (χ0v) is 11.5. The molecule has 0 saturated heterocycles. The molecule has 0 radical (unpaired) electrons. The maximum atomic E-state index is 11.4. The van der Waals surface area contributed by atoms with Crippen LogP contribution < -0.4 is 11.5 Å². The zero-order chi connectivity index (χ0) is 14.2. The molecule has 0 aliphatic rings. The molecule has 2 atom stereocenters. The topological polar surface area (TPSA) is 81.4 Å². The third kappa shape index (κ3) is 2.43. The van der Waals surface area contributed by atoms with E-state index in [4.69, 9.17) is 10.2 Å². The molecule has 0 aliphatic heterocycles. The molecule has 2 aromatic rings. The van der Waals surface area contributed by atoms with Crippen LogP contribution in [0.4, 0.5) is 0 Å². The highest BCUT2D eigenvalue weighted by atomic mass is 16.4. The Bertz CT molecular complexity index is 627. The number of fused-ring (bicyclic) bond motifs is 1. The summed E-state index contributed by atoms with van der Waals surface area (Å²) in [6.45, 7) is 4.10. The highest BCUT2D eigenvalue weighted by Gasteiger charge is 2.22. The van der Waals surface area contributed by atoms with Gasteiger partial charge in [-0.1, -0.05) is 19.9 Å². The maximum Gasteiger partial charge on any atom is 0.419 e. The van der Waals surface area contributed by atoms with Gasteiger partial charge in [-0.2, -0.15) is 0 Å². The normalized spacial score (nSPS) is 15.1. The molecule has 0 saturated carbocycles. The van der Waals surface area contributed by atoms with Gasteiger partial charge < -0.3 is 15.3 Å². The molecule has 0 spiro atoms. The molecule has 1 heterocycles. The van der Waals surface area contributed by atoms with Crippen molar-refractivity contribution in [3.8, 4) is 0 Å². The first-order valence-electron chi connectivity index (χ1n) is 6.41. The molecule has 19 heavy (non-hydrogen) atoms. The second-order valence-electron chi connectivity index (χ2n) is 5.27. The maximum absolute atomic E-state index is 11.4. The van der Waals surface area contributed by atoms with Crippen molar-refractivity contribution in [3.05, 3.63) is 34.3 Å². The predicted octanol–water partition coefficient (Wildman–Crippen LogP) is 1.40. The van der Waals surface area contributed by atoms with Crippen LogP contribution >= 0.6 is 0 Å². The van der Waals surface area contributed by atoms with E-state index in [1.165, 1.54) is 4.57 Å². The van der Waals surface area contributed by atoms with E-state index >= 15 is 0 Å². The highest BCUT2D eigenvalue weighted by Crippen LogP contribution is 2.27. The first kappa shape index (κ1) is 13.8. The van der Waals surface area contributed by atoms with Crippen LogP contribution in [0, 0.1) is 11.8 Å². The molecule has 1 aromatic carbocycles. The number of hydrogen-bond donors (Lipinski definition) is 2. The van der Waals surface area contributed by atoms with Crippen molar-refractivity contribution in [1.82, 2.24) is 4.57 Å². The lowest BCUT2D eigenvalue weighted by Gasteiger charge is -2.25. The number of aromatic nitrogens is 1. The van der Waals surface area contributed by atoms with Crippen LogP contribution in [0.2, 0.25) is 0 Å². The molecule has 0 aliphatic carbocycles. The fourth-order valence-corrected chi connectivity index (χ4v) is 2.34. The molecule has 2 rings (SSSR count). The molecule has 0 fully saturated rings. The summed E-state index contributed by atoms with van der Waals surface area (Å²) in [5.41, 5.74) is 8.34.